The summed E-state index contributed by atoms with van der Waals surface area (Å²) >= 11 is 0. The van der Waals surface area contributed by atoms with E-state index in [1.807, 2.05) is 0 Å². The first-order valence-electron chi connectivity index (χ1n) is 3.44. The Kier molecular flexibility index (Phi) is 1.43. The minimum atomic E-state index is -0.430. The van der Waals surface area contributed by atoms with Crippen molar-refractivity contribution in [2.75, 3.05) is 0 Å². The molecule has 0 atom stereocenters. The van der Waals surface area contributed by atoms with Crippen molar-refractivity contribution < 1.29 is 8.81 Å². The zero-order chi connectivity index (χ0) is 8.55. The SMILES string of the molecule is O=c1ccoc2ccc(F)cc12. The lowest BCUT2D eigenvalue weighted by Gasteiger charge is -1.93. The van der Waals surface area contributed by atoms with Crippen molar-refractivity contribution in [3.63, 3.8) is 0 Å². The summed E-state index contributed by atoms with van der Waals surface area (Å²) in [6.07, 6.45) is 1.29. The summed E-state index contributed by atoms with van der Waals surface area (Å²) in [5.41, 5.74) is 0.180. The lowest BCUT2D eigenvalue weighted by atomic mass is 10.2. The first-order valence-corrected chi connectivity index (χ1v) is 3.44. The van der Waals surface area contributed by atoms with Gasteiger partial charge in [0.15, 0.2) is 5.43 Å². The fraction of sp³-hybridized carbons (Fsp3) is 0. The molecule has 1 heterocycles. The molecular formula is C9H5FO2. The quantitative estimate of drug-likeness (QED) is 0.595. The molecule has 1 aromatic heterocycles. The minimum Gasteiger partial charge on any atom is -0.464 e. The van der Waals surface area contributed by atoms with Crippen molar-refractivity contribution in [3.05, 3.63) is 46.6 Å². The van der Waals surface area contributed by atoms with E-state index in [9.17, 15) is 9.18 Å². The highest BCUT2D eigenvalue weighted by Gasteiger charge is 1.99. The number of hydrogen-bond donors (Lipinski definition) is 0. The Bertz CT molecular complexity index is 473. The molecule has 0 fully saturated rings. The lowest BCUT2D eigenvalue weighted by Crippen LogP contribution is -1.97. The van der Waals surface area contributed by atoms with Crippen LogP contribution in [0.3, 0.4) is 0 Å². The first-order chi connectivity index (χ1) is 5.77. The van der Waals surface area contributed by atoms with Crippen molar-refractivity contribution in [2.24, 2.45) is 0 Å². The van der Waals surface area contributed by atoms with E-state index in [-0.39, 0.29) is 10.8 Å². The molecule has 3 heteroatoms. The number of rotatable bonds is 0. The van der Waals surface area contributed by atoms with Crippen molar-refractivity contribution in [3.8, 4) is 0 Å². The van der Waals surface area contributed by atoms with Gasteiger partial charge < -0.3 is 4.42 Å². The number of halogens is 1. The maximum Gasteiger partial charge on any atom is 0.192 e. The fourth-order valence-corrected chi connectivity index (χ4v) is 1.06. The van der Waals surface area contributed by atoms with E-state index in [1.165, 1.54) is 30.5 Å². The number of benzene rings is 1. The van der Waals surface area contributed by atoms with Gasteiger partial charge in [-0.15, -0.1) is 0 Å². The van der Waals surface area contributed by atoms with Gasteiger partial charge in [0.25, 0.3) is 0 Å². The van der Waals surface area contributed by atoms with E-state index in [1.54, 1.807) is 0 Å². The minimum absolute atomic E-state index is 0.226. The molecular weight excluding hydrogens is 159 g/mol. The van der Waals surface area contributed by atoms with Crippen LogP contribution in [-0.4, -0.2) is 0 Å². The van der Waals surface area contributed by atoms with E-state index in [2.05, 4.69) is 0 Å². The molecule has 0 N–H and O–H groups in total. The molecule has 2 rings (SSSR count). The molecule has 0 radical (unpaired) electrons. The summed E-state index contributed by atoms with van der Waals surface area (Å²) in [7, 11) is 0. The summed E-state index contributed by atoms with van der Waals surface area (Å²) in [4.78, 5) is 11.1. The van der Waals surface area contributed by atoms with Gasteiger partial charge in [-0.2, -0.15) is 0 Å². The molecule has 12 heavy (non-hydrogen) atoms. The third-order valence-electron chi connectivity index (χ3n) is 1.62. The molecule has 0 spiro atoms. The van der Waals surface area contributed by atoms with Crippen LogP contribution in [0.25, 0.3) is 11.0 Å². The first kappa shape index (κ1) is 7.03. The Morgan fingerprint density at radius 2 is 2.08 bits per heavy atom. The molecule has 60 valence electrons. The summed E-state index contributed by atoms with van der Waals surface area (Å²) in [5, 5.41) is 0.275. The molecule has 2 nitrogen and oxygen atoms in total. The van der Waals surface area contributed by atoms with E-state index in [0.29, 0.717) is 5.58 Å². The summed E-state index contributed by atoms with van der Waals surface area (Å²) in [6.45, 7) is 0. The molecule has 2 aromatic rings. The highest BCUT2D eigenvalue weighted by atomic mass is 19.1. The molecule has 0 unspecified atom stereocenters. The Balaban J connectivity index is 2.98. The highest BCUT2D eigenvalue weighted by Crippen LogP contribution is 2.10. The Hall–Kier alpha value is -1.64. The summed E-state index contributed by atoms with van der Waals surface area (Å²) in [5.74, 6) is -0.430. The Labute approximate surface area is 67.2 Å². The monoisotopic (exact) mass is 164 g/mol. The number of fused-ring (bicyclic) bond motifs is 1. The summed E-state index contributed by atoms with van der Waals surface area (Å²) in [6, 6.07) is 5.13. The third kappa shape index (κ3) is 0.993. The van der Waals surface area contributed by atoms with Crippen LogP contribution in [0.15, 0.2) is 39.7 Å². The predicted molar refractivity (Wildman–Crippen MR) is 42.4 cm³/mol. The fourth-order valence-electron chi connectivity index (χ4n) is 1.06. The molecule has 1 aromatic carbocycles. The molecule has 0 aliphatic rings. The van der Waals surface area contributed by atoms with Crippen molar-refractivity contribution in [1.82, 2.24) is 0 Å². The topological polar surface area (TPSA) is 30.2 Å². The largest absolute Gasteiger partial charge is 0.464 e. The molecule has 0 bridgehead atoms. The van der Waals surface area contributed by atoms with Crippen LogP contribution in [0.2, 0.25) is 0 Å². The van der Waals surface area contributed by atoms with Gasteiger partial charge in [-0.25, -0.2) is 4.39 Å². The van der Waals surface area contributed by atoms with Gasteiger partial charge in [0.05, 0.1) is 11.6 Å². The average Bonchev–Trinajstić information content (AvgIpc) is 2.07. The van der Waals surface area contributed by atoms with Crippen LogP contribution in [0, 0.1) is 5.82 Å². The highest BCUT2D eigenvalue weighted by molar-refractivity contribution is 5.75. The predicted octanol–water partition coefficient (Wildman–Crippen LogP) is 1.93. The Morgan fingerprint density at radius 1 is 1.25 bits per heavy atom. The van der Waals surface area contributed by atoms with Crippen LogP contribution < -0.4 is 5.43 Å². The average molecular weight is 164 g/mol. The standard InChI is InChI=1S/C9H5FO2/c10-6-1-2-9-7(5-6)8(11)3-4-12-9/h1-5H. The van der Waals surface area contributed by atoms with Gasteiger partial charge >= 0.3 is 0 Å². The van der Waals surface area contributed by atoms with Crippen LogP contribution in [-0.2, 0) is 0 Å². The van der Waals surface area contributed by atoms with Gasteiger partial charge in [0.1, 0.15) is 11.4 Å². The number of hydrogen-bond acceptors (Lipinski definition) is 2. The maximum atomic E-state index is 12.6. The van der Waals surface area contributed by atoms with Gasteiger partial charge in [0.2, 0.25) is 0 Å². The molecule has 0 aliphatic carbocycles. The van der Waals surface area contributed by atoms with Gasteiger partial charge in [-0.05, 0) is 18.2 Å². The molecule has 0 amide bonds. The maximum absolute atomic E-state index is 12.6. The molecule has 0 saturated carbocycles. The van der Waals surface area contributed by atoms with Gasteiger partial charge in [-0.1, -0.05) is 0 Å². The van der Waals surface area contributed by atoms with Crippen LogP contribution in [0.1, 0.15) is 0 Å². The molecule has 0 saturated heterocycles. The third-order valence-corrected chi connectivity index (χ3v) is 1.62. The van der Waals surface area contributed by atoms with Crippen molar-refractivity contribution in [1.29, 1.82) is 0 Å². The lowest BCUT2D eigenvalue weighted by molar-refractivity contribution is 0.596. The van der Waals surface area contributed by atoms with Crippen molar-refractivity contribution >= 4 is 11.0 Å². The van der Waals surface area contributed by atoms with Crippen molar-refractivity contribution in [2.45, 2.75) is 0 Å². The van der Waals surface area contributed by atoms with E-state index < -0.39 is 5.82 Å². The zero-order valence-corrected chi connectivity index (χ0v) is 6.08. The smallest absolute Gasteiger partial charge is 0.192 e. The van der Waals surface area contributed by atoms with E-state index in [0.717, 1.165) is 0 Å². The van der Waals surface area contributed by atoms with Crippen LogP contribution in [0.4, 0.5) is 4.39 Å². The van der Waals surface area contributed by atoms with Gasteiger partial charge in [-0.3, -0.25) is 4.79 Å². The van der Waals surface area contributed by atoms with E-state index >= 15 is 0 Å². The van der Waals surface area contributed by atoms with Crippen LogP contribution >= 0.6 is 0 Å². The second-order valence-corrected chi connectivity index (χ2v) is 2.43. The second-order valence-electron chi connectivity index (χ2n) is 2.43. The summed E-state index contributed by atoms with van der Waals surface area (Å²) < 4.78 is 17.6. The zero-order valence-electron chi connectivity index (χ0n) is 6.08. The van der Waals surface area contributed by atoms with Gasteiger partial charge in [0, 0.05) is 6.07 Å². The normalized spacial score (nSPS) is 10.4. The van der Waals surface area contributed by atoms with E-state index in [4.69, 9.17) is 4.42 Å². The molecule has 0 aliphatic heterocycles. The Morgan fingerprint density at radius 3 is 2.92 bits per heavy atom. The van der Waals surface area contributed by atoms with Crippen LogP contribution in [0.5, 0.6) is 0 Å². The second kappa shape index (κ2) is 2.44.